The van der Waals surface area contributed by atoms with E-state index in [1.54, 1.807) is 30.3 Å². The van der Waals surface area contributed by atoms with Crippen LogP contribution in [0.2, 0.25) is 0 Å². The first-order valence-electron chi connectivity index (χ1n) is 11.8. The van der Waals surface area contributed by atoms with E-state index in [0.29, 0.717) is 24.2 Å². The lowest BCUT2D eigenvalue weighted by Gasteiger charge is -2.15. The van der Waals surface area contributed by atoms with Crippen molar-refractivity contribution in [3.05, 3.63) is 58.7 Å². The van der Waals surface area contributed by atoms with E-state index in [1.807, 2.05) is 12.1 Å². The molecule has 3 N–H and O–H groups in total. The molecule has 33 heavy (non-hydrogen) atoms. The van der Waals surface area contributed by atoms with Gasteiger partial charge < -0.3 is 20.1 Å². The van der Waals surface area contributed by atoms with Crippen molar-refractivity contribution < 1.29 is 29.6 Å². The highest BCUT2D eigenvalue weighted by atomic mass is 32.2. The summed E-state index contributed by atoms with van der Waals surface area (Å²) >= 11 is 1.54. The molecule has 1 aromatic rings. The number of carboxylic acid groups (broad SMARTS) is 1. The molecule has 0 aromatic heterocycles. The zero-order chi connectivity index (χ0) is 24.1. The summed E-state index contributed by atoms with van der Waals surface area (Å²) in [5, 5.41) is 29.7. The van der Waals surface area contributed by atoms with Crippen LogP contribution in [-0.4, -0.2) is 45.2 Å². The summed E-state index contributed by atoms with van der Waals surface area (Å²) in [6.07, 6.45) is 8.70. The SMILES string of the molecule is CCCCC[C@H](O)C=C[C@@H]1C(SCCCCCC(=O)O)=C(OC(=O)c2ccccc2)C[C@H]1O. The Labute approximate surface area is 200 Å². The van der Waals surface area contributed by atoms with Crippen molar-refractivity contribution in [2.45, 2.75) is 76.9 Å². The maximum Gasteiger partial charge on any atom is 0.343 e. The maximum absolute atomic E-state index is 12.6. The number of thioether (sulfide) groups is 1. The van der Waals surface area contributed by atoms with Gasteiger partial charge in [0.25, 0.3) is 0 Å². The summed E-state index contributed by atoms with van der Waals surface area (Å²) in [5.41, 5.74) is 0.447. The van der Waals surface area contributed by atoms with Crippen LogP contribution in [-0.2, 0) is 9.53 Å². The van der Waals surface area contributed by atoms with Gasteiger partial charge in [-0.2, -0.15) is 0 Å². The summed E-state index contributed by atoms with van der Waals surface area (Å²) in [7, 11) is 0. The number of aliphatic hydroxyl groups is 2. The molecule has 0 heterocycles. The zero-order valence-electron chi connectivity index (χ0n) is 19.3. The number of unbranched alkanes of at least 4 members (excludes halogenated alkanes) is 4. The first kappa shape index (κ1) is 27.2. The van der Waals surface area contributed by atoms with Crippen LogP contribution in [0.4, 0.5) is 0 Å². The average molecular weight is 477 g/mol. The average Bonchev–Trinajstić information content (AvgIpc) is 3.09. The zero-order valence-corrected chi connectivity index (χ0v) is 20.1. The van der Waals surface area contributed by atoms with E-state index < -0.39 is 24.1 Å². The highest BCUT2D eigenvalue weighted by Gasteiger charge is 2.34. The summed E-state index contributed by atoms with van der Waals surface area (Å²) in [4.78, 5) is 24.1. The van der Waals surface area contributed by atoms with Gasteiger partial charge in [-0.15, -0.1) is 11.8 Å². The van der Waals surface area contributed by atoms with E-state index in [1.165, 1.54) is 11.8 Å². The topological polar surface area (TPSA) is 104 Å². The molecular formula is C26H36O6S. The minimum Gasteiger partial charge on any atom is -0.481 e. The second kappa shape index (κ2) is 14.9. The number of hydrogen-bond acceptors (Lipinski definition) is 6. The van der Waals surface area contributed by atoms with E-state index >= 15 is 0 Å². The Morgan fingerprint density at radius 2 is 1.91 bits per heavy atom. The molecule has 182 valence electrons. The number of hydrogen-bond donors (Lipinski definition) is 3. The van der Waals surface area contributed by atoms with Gasteiger partial charge in [-0.1, -0.05) is 63.0 Å². The molecule has 0 amide bonds. The number of rotatable bonds is 15. The number of aliphatic hydroxyl groups excluding tert-OH is 2. The number of esters is 1. The van der Waals surface area contributed by atoms with Crippen LogP contribution in [0.25, 0.3) is 0 Å². The summed E-state index contributed by atoms with van der Waals surface area (Å²) < 4.78 is 5.69. The quantitative estimate of drug-likeness (QED) is 0.179. The van der Waals surface area contributed by atoms with E-state index in [2.05, 4.69) is 6.92 Å². The second-order valence-electron chi connectivity index (χ2n) is 8.34. The number of ether oxygens (including phenoxy) is 1. The molecule has 0 spiro atoms. The summed E-state index contributed by atoms with van der Waals surface area (Å²) in [5.74, 6) is -0.378. The van der Waals surface area contributed by atoms with Crippen molar-refractivity contribution >= 4 is 23.7 Å². The minimum atomic E-state index is -0.790. The Kier molecular flexibility index (Phi) is 12.3. The molecule has 0 bridgehead atoms. The Hall–Kier alpha value is -2.09. The van der Waals surface area contributed by atoms with Crippen LogP contribution in [0.5, 0.6) is 0 Å². The molecule has 6 nitrogen and oxygen atoms in total. The fourth-order valence-electron chi connectivity index (χ4n) is 3.69. The van der Waals surface area contributed by atoms with Crippen LogP contribution < -0.4 is 0 Å². The maximum atomic E-state index is 12.6. The van der Waals surface area contributed by atoms with Crippen LogP contribution in [0.15, 0.2) is 53.1 Å². The van der Waals surface area contributed by atoms with Crippen molar-refractivity contribution in [3.8, 4) is 0 Å². The molecular weight excluding hydrogens is 440 g/mol. The molecule has 0 aliphatic heterocycles. The van der Waals surface area contributed by atoms with E-state index in [-0.39, 0.29) is 18.8 Å². The number of aliphatic carboxylic acids is 1. The minimum absolute atomic E-state index is 0.160. The van der Waals surface area contributed by atoms with Gasteiger partial charge in [-0.25, -0.2) is 4.79 Å². The molecule has 7 heteroatoms. The monoisotopic (exact) mass is 476 g/mol. The predicted octanol–water partition coefficient (Wildman–Crippen LogP) is 5.31. The largest absolute Gasteiger partial charge is 0.481 e. The molecule has 0 saturated carbocycles. The first-order chi connectivity index (χ1) is 15.9. The van der Waals surface area contributed by atoms with Crippen molar-refractivity contribution in [1.29, 1.82) is 0 Å². The van der Waals surface area contributed by atoms with E-state index in [4.69, 9.17) is 9.84 Å². The van der Waals surface area contributed by atoms with Crippen molar-refractivity contribution in [3.63, 3.8) is 0 Å². The van der Waals surface area contributed by atoms with Crippen molar-refractivity contribution in [1.82, 2.24) is 0 Å². The van der Waals surface area contributed by atoms with Crippen LogP contribution in [0.3, 0.4) is 0 Å². The van der Waals surface area contributed by atoms with Gasteiger partial charge >= 0.3 is 11.9 Å². The lowest BCUT2D eigenvalue weighted by Crippen LogP contribution is -2.14. The number of carbonyl (C=O) groups is 2. The van der Waals surface area contributed by atoms with Gasteiger partial charge in [0, 0.05) is 23.7 Å². The highest BCUT2D eigenvalue weighted by molar-refractivity contribution is 8.03. The van der Waals surface area contributed by atoms with Gasteiger partial charge in [0.1, 0.15) is 5.76 Å². The normalized spacial score (nSPS) is 19.2. The lowest BCUT2D eigenvalue weighted by atomic mass is 10.0. The first-order valence-corrected chi connectivity index (χ1v) is 12.8. The predicted molar refractivity (Wildman–Crippen MR) is 131 cm³/mol. The fraction of sp³-hybridized carbons (Fsp3) is 0.538. The molecule has 0 fully saturated rings. The lowest BCUT2D eigenvalue weighted by molar-refractivity contribution is -0.137. The van der Waals surface area contributed by atoms with Crippen molar-refractivity contribution in [2.24, 2.45) is 5.92 Å². The molecule has 2 rings (SSSR count). The van der Waals surface area contributed by atoms with E-state index in [9.17, 15) is 19.8 Å². The standard InChI is InChI=1S/C26H36O6S/c1-2-3-6-13-20(27)15-16-21-22(28)18-23(32-26(31)19-11-7-4-8-12-19)25(21)33-17-10-5-9-14-24(29)30/h4,7-8,11-12,15-16,20-22,27-28H,2-3,5-6,9-10,13-14,17-18H2,1H3,(H,29,30)/t20-,21-,22+/m0/s1. The third-order valence-electron chi connectivity index (χ3n) is 5.55. The molecule has 1 aliphatic rings. The number of carboxylic acids is 1. The Bertz CT molecular complexity index is 804. The van der Waals surface area contributed by atoms with Gasteiger partial charge in [0.15, 0.2) is 0 Å². The van der Waals surface area contributed by atoms with Crippen molar-refractivity contribution in [2.75, 3.05) is 5.75 Å². The molecule has 0 saturated heterocycles. The summed E-state index contributed by atoms with van der Waals surface area (Å²) in [6.45, 7) is 2.12. The third-order valence-corrected chi connectivity index (χ3v) is 6.85. The Morgan fingerprint density at radius 1 is 1.15 bits per heavy atom. The van der Waals surface area contributed by atoms with Gasteiger partial charge in [0.05, 0.1) is 17.8 Å². The van der Waals surface area contributed by atoms with Gasteiger partial charge in [-0.05, 0) is 37.1 Å². The molecule has 0 unspecified atom stereocenters. The summed E-state index contributed by atoms with van der Waals surface area (Å²) in [6, 6.07) is 8.74. The third kappa shape index (κ3) is 9.74. The van der Waals surface area contributed by atoms with Crippen LogP contribution in [0.1, 0.15) is 75.1 Å². The van der Waals surface area contributed by atoms with Crippen LogP contribution >= 0.6 is 11.8 Å². The molecule has 0 radical (unpaired) electrons. The highest BCUT2D eigenvalue weighted by Crippen LogP contribution is 2.41. The number of carbonyl (C=O) groups excluding carboxylic acids is 1. The number of benzene rings is 1. The molecule has 1 aromatic carbocycles. The molecule has 3 atom stereocenters. The van der Waals surface area contributed by atoms with Gasteiger partial charge in [-0.3, -0.25) is 4.79 Å². The van der Waals surface area contributed by atoms with E-state index in [0.717, 1.165) is 42.8 Å². The fourth-order valence-corrected chi connectivity index (χ4v) is 4.97. The Morgan fingerprint density at radius 3 is 2.61 bits per heavy atom. The smallest absolute Gasteiger partial charge is 0.343 e. The molecule has 1 aliphatic carbocycles. The second-order valence-corrected chi connectivity index (χ2v) is 9.48. The van der Waals surface area contributed by atoms with Gasteiger partial charge in [0.2, 0.25) is 0 Å². The van der Waals surface area contributed by atoms with Crippen LogP contribution in [0, 0.1) is 5.92 Å². The Balaban J connectivity index is 2.07.